The molecule has 4 nitrogen and oxygen atoms in total. The molecule has 0 saturated carbocycles. The molecule has 2 heterocycles. The van der Waals surface area contributed by atoms with Gasteiger partial charge in [-0.2, -0.15) is 0 Å². The summed E-state index contributed by atoms with van der Waals surface area (Å²) in [6.45, 7) is 8.48. The van der Waals surface area contributed by atoms with Gasteiger partial charge in [0.25, 0.3) is 0 Å². The third-order valence-corrected chi connectivity index (χ3v) is 4.64. The summed E-state index contributed by atoms with van der Waals surface area (Å²) in [5.74, 6) is -0.150. The molecule has 1 aromatic rings. The van der Waals surface area contributed by atoms with Crippen molar-refractivity contribution in [1.82, 2.24) is 0 Å². The smallest absolute Gasteiger partial charge is 0.341 e. The highest BCUT2D eigenvalue weighted by atomic mass is 32.1. The van der Waals surface area contributed by atoms with Crippen LogP contribution < -0.4 is 4.90 Å². The van der Waals surface area contributed by atoms with Crippen molar-refractivity contribution in [2.75, 3.05) is 18.1 Å². The Hall–Kier alpha value is -1.62. The van der Waals surface area contributed by atoms with Gasteiger partial charge in [-0.15, -0.1) is 17.9 Å². The van der Waals surface area contributed by atoms with Gasteiger partial charge in [-0.05, 0) is 19.4 Å². The molecule has 1 unspecified atom stereocenters. The number of carbonyl (C=O) groups excluding carboxylic acids is 2. The summed E-state index contributed by atoms with van der Waals surface area (Å²) in [5, 5.41) is 0.717. The van der Waals surface area contributed by atoms with Gasteiger partial charge < -0.3 is 9.64 Å². The maximum absolute atomic E-state index is 12.1. The fourth-order valence-corrected chi connectivity index (χ4v) is 3.36. The van der Waals surface area contributed by atoms with E-state index >= 15 is 0 Å². The summed E-state index contributed by atoms with van der Waals surface area (Å²) in [6, 6.07) is 1.84. The van der Waals surface area contributed by atoms with E-state index in [0.717, 1.165) is 16.3 Å². The zero-order chi connectivity index (χ0) is 14.7. The molecule has 0 bridgehead atoms. The minimum Gasteiger partial charge on any atom is -0.462 e. The van der Waals surface area contributed by atoms with Crippen molar-refractivity contribution in [3.63, 3.8) is 0 Å². The first-order chi connectivity index (χ1) is 9.60. The molecule has 1 aliphatic rings. The third kappa shape index (κ3) is 2.77. The van der Waals surface area contributed by atoms with Gasteiger partial charge in [-0.3, -0.25) is 4.79 Å². The summed E-state index contributed by atoms with van der Waals surface area (Å²) in [5.41, 5.74) is 0.506. The molecule has 0 radical (unpaired) electrons. The SMILES string of the molecule is C=CC1CC(=O)N(c2sc(CC)cc2C(=O)OCC)C1. The quantitative estimate of drug-likeness (QED) is 0.619. The van der Waals surface area contributed by atoms with E-state index in [2.05, 4.69) is 6.58 Å². The molecule has 0 spiro atoms. The van der Waals surface area contributed by atoms with Crippen LogP contribution in [0.3, 0.4) is 0 Å². The predicted octanol–water partition coefficient (Wildman–Crippen LogP) is 3.03. The lowest BCUT2D eigenvalue weighted by atomic mass is 10.1. The monoisotopic (exact) mass is 293 g/mol. The van der Waals surface area contributed by atoms with Crippen molar-refractivity contribution >= 4 is 28.2 Å². The minimum absolute atomic E-state index is 0.0463. The lowest BCUT2D eigenvalue weighted by molar-refractivity contribution is -0.117. The third-order valence-electron chi connectivity index (χ3n) is 3.34. The van der Waals surface area contributed by atoms with E-state index < -0.39 is 0 Å². The molecular formula is C15H19NO3S. The number of aryl methyl sites for hydroxylation is 1. The Kier molecular flexibility index (Phi) is 4.60. The molecule has 108 valence electrons. The van der Waals surface area contributed by atoms with E-state index in [1.165, 1.54) is 11.3 Å². The summed E-state index contributed by atoms with van der Waals surface area (Å²) in [6.07, 6.45) is 3.10. The van der Waals surface area contributed by atoms with Crippen LogP contribution in [-0.2, 0) is 16.0 Å². The molecule has 1 fully saturated rings. The van der Waals surface area contributed by atoms with Gasteiger partial charge in [-0.1, -0.05) is 13.0 Å². The van der Waals surface area contributed by atoms with Crippen LogP contribution in [0.15, 0.2) is 18.7 Å². The van der Waals surface area contributed by atoms with E-state index in [9.17, 15) is 9.59 Å². The number of nitrogens with zero attached hydrogens (tertiary/aromatic N) is 1. The van der Waals surface area contributed by atoms with E-state index in [1.54, 1.807) is 17.9 Å². The zero-order valence-corrected chi connectivity index (χ0v) is 12.7. The average Bonchev–Trinajstić information content (AvgIpc) is 3.01. The Morgan fingerprint density at radius 3 is 2.90 bits per heavy atom. The molecule has 20 heavy (non-hydrogen) atoms. The maximum atomic E-state index is 12.1. The largest absolute Gasteiger partial charge is 0.462 e. The second kappa shape index (κ2) is 6.22. The Morgan fingerprint density at radius 2 is 2.35 bits per heavy atom. The number of hydrogen-bond donors (Lipinski definition) is 0. The van der Waals surface area contributed by atoms with Crippen LogP contribution in [0.4, 0.5) is 5.00 Å². The van der Waals surface area contributed by atoms with Crippen molar-refractivity contribution in [1.29, 1.82) is 0 Å². The Bertz CT molecular complexity index is 535. The first kappa shape index (κ1) is 14.8. The standard InChI is InChI=1S/C15H19NO3S/c1-4-10-7-13(17)16(9-10)14-12(15(18)19-6-3)8-11(5-2)20-14/h4,8,10H,1,5-7,9H2,2-3H3. The highest BCUT2D eigenvalue weighted by molar-refractivity contribution is 7.16. The molecule has 0 aromatic carbocycles. The van der Waals surface area contributed by atoms with Crippen LogP contribution in [0.2, 0.25) is 0 Å². The number of anilines is 1. The summed E-state index contributed by atoms with van der Waals surface area (Å²) in [7, 11) is 0. The van der Waals surface area contributed by atoms with E-state index in [1.807, 2.05) is 13.0 Å². The molecule has 1 saturated heterocycles. The van der Waals surface area contributed by atoms with E-state index in [4.69, 9.17) is 4.74 Å². The van der Waals surface area contributed by atoms with Crippen LogP contribution >= 0.6 is 11.3 Å². The fourth-order valence-electron chi connectivity index (χ4n) is 2.25. The summed E-state index contributed by atoms with van der Waals surface area (Å²) in [4.78, 5) is 26.9. The second-order valence-corrected chi connectivity index (χ2v) is 5.83. The van der Waals surface area contributed by atoms with Gasteiger partial charge in [0.05, 0.1) is 12.2 Å². The first-order valence-corrected chi connectivity index (χ1v) is 7.65. The molecule has 1 amide bonds. The molecule has 0 aliphatic carbocycles. The van der Waals surface area contributed by atoms with Crippen molar-refractivity contribution in [2.45, 2.75) is 26.7 Å². The number of esters is 1. The van der Waals surface area contributed by atoms with Crippen LogP contribution in [-0.4, -0.2) is 25.0 Å². The average molecular weight is 293 g/mol. The van der Waals surface area contributed by atoms with Crippen LogP contribution in [0.5, 0.6) is 0 Å². The summed E-state index contributed by atoms with van der Waals surface area (Å²) >= 11 is 1.50. The summed E-state index contributed by atoms with van der Waals surface area (Å²) < 4.78 is 5.08. The highest BCUT2D eigenvalue weighted by Gasteiger charge is 2.33. The molecule has 1 atom stereocenters. The van der Waals surface area contributed by atoms with Crippen molar-refractivity contribution in [3.8, 4) is 0 Å². The normalized spacial score (nSPS) is 18.4. The molecular weight excluding hydrogens is 274 g/mol. The zero-order valence-electron chi connectivity index (χ0n) is 11.8. The van der Waals surface area contributed by atoms with Crippen molar-refractivity contribution < 1.29 is 14.3 Å². The number of ether oxygens (including phenoxy) is 1. The second-order valence-electron chi connectivity index (χ2n) is 4.71. The van der Waals surface area contributed by atoms with Crippen LogP contribution in [0.1, 0.15) is 35.5 Å². The minimum atomic E-state index is -0.353. The number of rotatable bonds is 5. The van der Waals surface area contributed by atoms with Gasteiger partial charge in [0.2, 0.25) is 5.91 Å². The van der Waals surface area contributed by atoms with Crippen LogP contribution in [0.25, 0.3) is 0 Å². The highest BCUT2D eigenvalue weighted by Crippen LogP contribution is 2.36. The molecule has 5 heteroatoms. The van der Waals surface area contributed by atoms with Gasteiger partial charge in [-0.25, -0.2) is 4.79 Å². The number of thiophene rings is 1. The number of hydrogen-bond acceptors (Lipinski definition) is 4. The molecule has 2 rings (SSSR count). The van der Waals surface area contributed by atoms with E-state index in [0.29, 0.717) is 25.1 Å². The maximum Gasteiger partial charge on any atom is 0.341 e. The van der Waals surface area contributed by atoms with Gasteiger partial charge in [0.15, 0.2) is 0 Å². The van der Waals surface area contributed by atoms with Gasteiger partial charge >= 0.3 is 5.97 Å². The Balaban J connectivity index is 2.35. The molecule has 1 aromatic heterocycles. The van der Waals surface area contributed by atoms with Crippen molar-refractivity contribution in [2.24, 2.45) is 5.92 Å². The van der Waals surface area contributed by atoms with Gasteiger partial charge in [0, 0.05) is 23.8 Å². The Labute approximate surface area is 123 Å². The van der Waals surface area contributed by atoms with Crippen molar-refractivity contribution in [3.05, 3.63) is 29.2 Å². The fraction of sp³-hybridized carbons (Fsp3) is 0.467. The van der Waals surface area contributed by atoms with E-state index in [-0.39, 0.29) is 17.8 Å². The van der Waals surface area contributed by atoms with Crippen LogP contribution in [0, 0.1) is 5.92 Å². The lowest BCUT2D eigenvalue weighted by Gasteiger charge is -2.15. The van der Waals surface area contributed by atoms with Gasteiger partial charge in [0.1, 0.15) is 5.00 Å². The molecule has 0 N–H and O–H groups in total. The Morgan fingerprint density at radius 1 is 1.60 bits per heavy atom. The topological polar surface area (TPSA) is 46.6 Å². The predicted molar refractivity (Wildman–Crippen MR) is 80.3 cm³/mol. The number of carbonyl (C=O) groups is 2. The lowest BCUT2D eigenvalue weighted by Crippen LogP contribution is -2.25. The first-order valence-electron chi connectivity index (χ1n) is 6.83. The molecule has 1 aliphatic heterocycles. The number of amides is 1.